The minimum absolute atomic E-state index is 0.0180. The molecule has 2 amide bonds. The van der Waals surface area contributed by atoms with Gasteiger partial charge in [-0.05, 0) is 79.6 Å². The lowest BCUT2D eigenvalue weighted by molar-refractivity contribution is -0.123. The van der Waals surface area contributed by atoms with E-state index in [-0.39, 0.29) is 30.4 Å². The predicted molar refractivity (Wildman–Crippen MR) is 134 cm³/mol. The quantitative estimate of drug-likeness (QED) is 0.383. The van der Waals surface area contributed by atoms with Crippen molar-refractivity contribution in [2.24, 2.45) is 0 Å². The molecule has 1 heterocycles. The normalized spacial score (nSPS) is 15.2. The van der Waals surface area contributed by atoms with Crippen molar-refractivity contribution in [3.05, 3.63) is 76.2 Å². The van der Waals surface area contributed by atoms with E-state index < -0.39 is 0 Å². The Hall–Kier alpha value is -3.25. The molecule has 1 aliphatic rings. The average molecular weight is 462 g/mol. The molecular weight excluding hydrogens is 434 g/mol. The van der Waals surface area contributed by atoms with Gasteiger partial charge in [-0.2, -0.15) is 0 Å². The van der Waals surface area contributed by atoms with E-state index in [1.165, 1.54) is 4.90 Å². The highest BCUT2D eigenvalue weighted by atomic mass is 32.2. The number of benzene rings is 3. The van der Waals surface area contributed by atoms with Crippen molar-refractivity contribution in [1.29, 1.82) is 0 Å². The first-order chi connectivity index (χ1) is 15.8. The third kappa shape index (κ3) is 5.06. The van der Waals surface area contributed by atoms with Crippen molar-refractivity contribution in [3.63, 3.8) is 0 Å². The molecule has 0 aliphatic carbocycles. The SMILES string of the molecule is Cc1ccc(C)c(OCCN2C(=O)S/C(=C\c3c(OC(C)C)ccc4ccccc34)C2=O)c1. The fraction of sp³-hybridized carbons (Fsp3) is 0.259. The Balaban J connectivity index is 1.56. The minimum Gasteiger partial charge on any atom is -0.491 e. The molecule has 0 bridgehead atoms. The molecule has 0 radical (unpaired) electrons. The van der Waals surface area contributed by atoms with Gasteiger partial charge in [0.1, 0.15) is 18.1 Å². The summed E-state index contributed by atoms with van der Waals surface area (Å²) in [5.41, 5.74) is 2.92. The van der Waals surface area contributed by atoms with Gasteiger partial charge in [-0.3, -0.25) is 14.5 Å². The number of nitrogens with zero attached hydrogens (tertiary/aromatic N) is 1. The number of imide groups is 1. The number of ether oxygens (including phenoxy) is 2. The smallest absolute Gasteiger partial charge is 0.293 e. The van der Waals surface area contributed by atoms with E-state index in [0.29, 0.717) is 10.7 Å². The number of carbonyl (C=O) groups is 2. The third-order valence-electron chi connectivity index (χ3n) is 5.36. The summed E-state index contributed by atoms with van der Waals surface area (Å²) in [6.45, 7) is 8.33. The standard InChI is InChI=1S/C27H27NO4S/c1-17(2)32-23-12-11-20-7-5-6-8-21(20)22(23)16-25-26(29)28(27(30)33-25)13-14-31-24-15-18(3)9-10-19(24)4/h5-12,15-17H,13-14H2,1-4H3/b25-16-. The van der Waals surface area contributed by atoms with Gasteiger partial charge in [-0.1, -0.05) is 42.5 Å². The van der Waals surface area contributed by atoms with Crippen LogP contribution < -0.4 is 9.47 Å². The molecule has 170 valence electrons. The molecule has 33 heavy (non-hydrogen) atoms. The number of amides is 2. The second-order valence-corrected chi connectivity index (χ2v) is 9.31. The lowest BCUT2D eigenvalue weighted by atomic mass is 10.0. The number of aryl methyl sites for hydroxylation is 2. The van der Waals surface area contributed by atoms with E-state index in [1.54, 1.807) is 6.08 Å². The summed E-state index contributed by atoms with van der Waals surface area (Å²) in [5, 5.41) is 1.73. The molecule has 0 unspecified atom stereocenters. The lowest BCUT2D eigenvalue weighted by Gasteiger charge is -2.15. The van der Waals surface area contributed by atoms with E-state index in [9.17, 15) is 9.59 Å². The first-order valence-electron chi connectivity index (χ1n) is 11.0. The average Bonchev–Trinajstić information content (AvgIpc) is 3.04. The summed E-state index contributed by atoms with van der Waals surface area (Å²) in [6.07, 6.45) is 1.76. The zero-order valence-corrected chi connectivity index (χ0v) is 20.1. The van der Waals surface area contributed by atoms with Crippen LogP contribution in [0.25, 0.3) is 16.8 Å². The Morgan fingerprint density at radius 2 is 1.79 bits per heavy atom. The van der Waals surface area contributed by atoms with Crippen molar-refractivity contribution in [2.75, 3.05) is 13.2 Å². The summed E-state index contributed by atoms with van der Waals surface area (Å²) >= 11 is 0.952. The highest BCUT2D eigenvalue weighted by molar-refractivity contribution is 8.18. The summed E-state index contributed by atoms with van der Waals surface area (Å²) in [4.78, 5) is 27.3. The maximum absolute atomic E-state index is 13.1. The van der Waals surface area contributed by atoms with Gasteiger partial charge in [0.05, 0.1) is 17.6 Å². The van der Waals surface area contributed by atoms with Gasteiger partial charge < -0.3 is 9.47 Å². The molecule has 1 saturated heterocycles. The Kier molecular flexibility index (Phi) is 6.75. The van der Waals surface area contributed by atoms with Crippen molar-refractivity contribution in [3.8, 4) is 11.5 Å². The first-order valence-corrected chi connectivity index (χ1v) is 11.8. The molecule has 1 aliphatic heterocycles. The van der Waals surface area contributed by atoms with E-state index in [0.717, 1.165) is 45.0 Å². The molecule has 5 nitrogen and oxygen atoms in total. The van der Waals surface area contributed by atoms with Crippen molar-refractivity contribution < 1.29 is 19.1 Å². The molecule has 0 atom stereocenters. The Morgan fingerprint density at radius 3 is 2.58 bits per heavy atom. The molecular formula is C27H27NO4S. The molecule has 1 fully saturated rings. The van der Waals surface area contributed by atoms with Crippen LogP contribution in [0.3, 0.4) is 0 Å². The van der Waals surface area contributed by atoms with Crippen LogP contribution in [0.2, 0.25) is 0 Å². The molecule has 6 heteroatoms. The van der Waals surface area contributed by atoms with Crippen molar-refractivity contribution >= 4 is 39.8 Å². The van der Waals surface area contributed by atoms with Gasteiger partial charge in [-0.25, -0.2) is 0 Å². The van der Waals surface area contributed by atoms with E-state index in [4.69, 9.17) is 9.47 Å². The summed E-state index contributed by atoms with van der Waals surface area (Å²) in [6, 6.07) is 17.8. The zero-order valence-electron chi connectivity index (χ0n) is 19.3. The maximum Gasteiger partial charge on any atom is 0.293 e. The fourth-order valence-corrected chi connectivity index (χ4v) is 4.56. The number of carbonyl (C=O) groups excluding carboxylic acids is 2. The van der Waals surface area contributed by atoms with Gasteiger partial charge in [0.25, 0.3) is 11.1 Å². The highest BCUT2D eigenvalue weighted by Gasteiger charge is 2.35. The summed E-state index contributed by atoms with van der Waals surface area (Å²) in [7, 11) is 0. The topological polar surface area (TPSA) is 55.8 Å². The molecule has 0 saturated carbocycles. The van der Waals surface area contributed by atoms with Crippen molar-refractivity contribution in [1.82, 2.24) is 4.90 Å². The van der Waals surface area contributed by atoms with Crippen LogP contribution in [0.4, 0.5) is 4.79 Å². The van der Waals surface area contributed by atoms with Crippen LogP contribution in [0, 0.1) is 13.8 Å². The largest absolute Gasteiger partial charge is 0.491 e. The molecule has 0 spiro atoms. The van der Waals surface area contributed by atoms with Crippen LogP contribution >= 0.6 is 11.8 Å². The number of fused-ring (bicyclic) bond motifs is 1. The van der Waals surface area contributed by atoms with Gasteiger partial charge in [0, 0.05) is 5.56 Å². The second-order valence-electron chi connectivity index (χ2n) is 8.32. The second kappa shape index (κ2) is 9.71. The van der Waals surface area contributed by atoms with Crippen LogP contribution in [0.5, 0.6) is 11.5 Å². The Bertz CT molecular complexity index is 1250. The van der Waals surface area contributed by atoms with E-state index >= 15 is 0 Å². The van der Waals surface area contributed by atoms with Crippen molar-refractivity contribution in [2.45, 2.75) is 33.8 Å². The predicted octanol–water partition coefficient (Wildman–Crippen LogP) is 6.36. The van der Waals surface area contributed by atoms with Crippen LogP contribution in [-0.4, -0.2) is 35.3 Å². The maximum atomic E-state index is 13.1. The molecule has 0 N–H and O–H groups in total. The molecule has 4 rings (SSSR count). The highest BCUT2D eigenvalue weighted by Crippen LogP contribution is 2.37. The Morgan fingerprint density at radius 1 is 1.00 bits per heavy atom. The number of thioether (sulfide) groups is 1. The monoisotopic (exact) mass is 461 g/mol. The van der Waals surface area contributed by atoms with Crippen LogP contribution in [0.1, 0.15) is 30.5 Å². The minimum atomic E-state index is -0.307. The van der Waals surface area contributed by atoms with Crippen LogP contribution in [-0.2, 0) is 4.79 Å². The number of hydrogen-bond donors (Lipinski definition) is 0. The molecule has 3 aromatic carbocycles. The van der Waals surface area contributed by atoms with Gasteiger partial charge >= 0.3 is 0 Å². The first kappa shape index (κ1) is 22.9. The van der Waals surface area contributed by atoms with Gasteiger partial charge in [-0.15, -0.1) is 0 Å². The van der Waals surface area contributed by atoms with Gasteiger partial charge in [0.15, 0.2) is 0 Å². The molecule has 0 aromatic heterocycles. The van der Waals surface area contributed by atoms with Crippen LogP contribution in [0.15, 0.2) is 59.5 Å². The van der Waals surface area contributed by atoms with E-state index in [1.807, 2.05) is 82.3 Å². The Labute approximate surface area is 198 Å². The third-order valence-corrected chi connectivity index (χ3v) is 6.27. The lowest BCUT2D eigenvalue weighted by Crippen LogP contribution is -2.32. The van der Waals surface area contributed by atoms with Gasteiger partial charge in [0.2, 0.25) is 0 Å². The number of rotatable bonds is 7. The molecule has 3 aromatic rings. The summed E-state index contributed by atoms with van der Waals surface area (Å²) in [5.74, 6) is 1.15. The van der Waals surface area contributed by atoms with E-state index in [2.05, 4.69) is 0 Å². The zero-order chi connectivity index (χ0) is 23.5. The summed E-state index contributed by atoms with van der Waals surface area (Å²) < 4.78 is 11.9. The fourth-order valence-electron chi connectivity index (χ4n) is 3.71. The number of hydrogen-bond acceptors (Lipinski definition) is 5.